The molecule has 0 spiro atoms. The third-order valence-electron chi connectivity index (χ3n) is 5.35. The third-order valence-corrected chi connectivity index (χ3v) is 6.27. The number of hydrogen-bond acceptors (Lipinski definition) is 2. The van der Waals surface area contributed by atoms with Crippen molar-refractivity contribution >= 4 is 37.8 Å². The fourth-order valence-electron chi connectivity index (χ4n) is 3.79. The maximum Gasteiger partial charge on any atom is 0.223 e. The molecule has 0 aliphatic carbocycles. The van der Waals surface area contributed by atoms with E-state index < -0.39 is 17.0 Å². The molecule has 7 heteroatoms. The number of rotatable bonds is 5. The Morgan fingerprint density at radius 3 is 2.32 bits per heavy atom. The standard InChI is InChI=1S/C21H22Br2F2N2O/c1-27(13-14-8-16(22)11-17(23)9-14)20(28)12-21(4-6-26-7-5-21)15-2-3-18(24)19(25)10-15/h2-3,8-11,26H,4-7,12-13H2,1H3. The molecule has 2 aromatic rings. The van der Waals surface area contributed by atoms with Gasteiger partial charge in [-0.25, -0.2) is 8.78 Å². The van der Waals surface area contributed by atoms with E-state index in [-0.39, 0.29) is 12.3 Å². The van der Waals surface area contributed by atoms with Crippen molar-refractivity contribution < 1.29 is 13.6 Å². The van der Waals surface area contributed by atoms with Crippen LogP contribution in [0.25, 0.3) is 0 Å². The Kier molecular flexibility index (Phi) is 6.89. The van der Waals surface area contributed by atoms with Gasteiger partial charge in [-0.15, -0.1) is 0 Å². The van der Waals surface area contributed by atoms with Crippen LogP contribution in [-0.2, 0) is 16.8 Å². The summed E-state index contributed by atoms with van der Waals surface area (Å²) in [5.41, 5.74) is 1.22. The molecule has 0 atom stereocenters. The van der Waals surface area contributed by atoms with Crippen molar-refractivity contribution in [2.45, 2.75) is 31.2 Å². The summed E-state index contributed by atoms with van der Waals surface area (Å²) in [6.07, 6.45) is 1.69. The number of nitrogens with zero attached hydrogens (tertiary/aromatic N) is 1. The van der Waals surface area contributed by atoms with Crippen LogP contribution in [-0.4, -0.2) is 30.9 Å². The molecule has 1 N–H and O–H groups in total. The smallest absolute Gasteiger partial charge is 0.223 e. The minimum Gasteiger partial charge on any atom is -0.341 e. The van der Waals surface area contributed by atoms with Gasteiger partial charge in [-0.05, 0) is 67.4 Å². The summed E-state index contributed by atoms with van der Waals surface area (Å²) in [6, 6.07) is 9.91. The van der Waals surface area contributed by atoms with Crippen LogP contribution in [0, 0.1) is 11.6 Å². The van der Waals surface area contributed by atoms with Crippen LogP contribution in [0.5, 0.6) is 0 Å². The molecule has 3 rings (SSSR count). The van der Waals surface area contributed by atoms with Gasteiger partial charge in [0.05, 0.1) is 0 Å². The highest BCUT2D eigenvalue weighted by atomic mass is 79.9. The summed E-state index contributed by atoms with van der Waals surface area (Å²) in [5.74, 6) is -1.74. The Morgan fingerprint density at radius 1 is 1.07 bits per heavy atom. The minimum absolute atomic E-state index is 0.0114. The van der Waals surface area contributed by atoms with Gasteiger partial charge >= 0.3 is 0 Å². The van der Waals surface area contributed by atoms with Crippen LogP contribution in [0.2, 0.25) is 0 Å². The van der Waals surface area contributed by atoms with Crippen molar-refractivity contribution in [2.75, 3.05) is 20.1 Å². The van der Waals surface area contributed by atoms with Gasteiger partial charge in [0.15, 0.2) is 11.6 Å². The van der Waals surface area contributed by atoms with Crippen molar-refractivity contribution in [3.8, 4) is 0 Å². The monoisotopic (exact) mass is 514 g/mol. The third kappa shape index (κ3) is 4.99. The van der Waals surface area contributed by atoms with Crippen LogP contribution in [0.3, 0.4) is 0 Å². The quantitative estimate of drug-likeness (QED) is 0.596. The van der Waals surface area contributed by atoms with Gasteiger partial charge in [-0.3, -0.25) is 4.79 Å². The van der Waals surface area contributed by atoms with Gasteiger partial charge in [0, 0.05) is 34.4 Å². The van der Waals surface area contributed by atoms with E-state index in [0.717, 1.165) is 33.7 Å². The number of hydrogen-bond donors (Lipinski definition) is 1. The number of piperidine rings is 1. The molecule has 1 saturated heterocycles. The van der Waals surface area contributed by atoms with E-state index in [0.29, 0.717) is 24.9 Å². The van der Waals surface area contributed by atoms with Gasteiger partial charge < -0.3 is 10.2 Å². The van der Waals surface area contributed by atoms with Crippen molar-refractivity contribution in [1.29, 1.82) is 0 Å². The molecule has 0 unspecified atom stereocenters. The molecule has 0 radical (unpaired) electrons. The fraction of sp³-hybridized carbons (Fsp3) is 0.381. The zero-order chi connectivity index (χ0) is 20.3. The molecular weight excluding hydrogens is 494 g/mol. The van der Waals surface area contributed by atoms with Crippen LogP contribution in [0.4, 0.5) is 8.78 Å². The number of benzene rings is 2. The van der Waals surface area contributed by atoms with Crippen LogP contribution < -0.4 is 5.32 Å². The van der Waals surface area contributed by atoms with Gasteiger partial charge in [0.1, 0.15) is 0 Å². The summed E-state index contributed by atoms with van der Waals surface area (Å²) in [4.78, 5) is 14.7. The number of halogens is 4. The lowest BCUT2D eigenvalue weighted by Gasteiger charge is -2.39. The summed E-state index contributed by atoms with van der Waals surface area (Å²) >= 11 is 6.93. The van der Waals surface area contributed by atoms with Gasteiger partial charge in [-0.2, -0.15) is 0 Å². The predicted octanol–water partition coefficient (Wildman–Crippen LogP) is 5.16. The lowest BCUT2D eigenvalue weighted by atomic mass is 9.70. The highest BCUT2D eigenvalue weighted by Crippen LogP contribution is 2.38. The maximum atomic E-state index is 13.9. The number of nitrogens with one attached hydrogen (secondary N) is 1. The molecular formula is C21H22Br2F2N2O. The average Bonchev–Trinajstić information content (AvgIpc) is 2.63. The van der Waals surface area contributed by atoms with E-state index in [2.05, 4.69) is 37.2 Å². The van der Waals surface area contributed by atoms with Gasteiger partial charge in [-0.1, -0.05) is 37.9 Å². The zero-order valence-electron chi connectivity index (χ0n) is 15.6. The lowest BCUT2D eigenvalue weighted by molar-refractivity contribution is -0.132. The maximum absolute atomic E-state index is 13.9. The topological polar surface area (TPSA) is 32.3 Å². The van der Waals surface area contributed by atoms with Crippen LogP contribution in [0.1, 0.15) is 30.4 Å². The largest absolute Gasteiger partial charge is 0.341 e. The zero-order valence-corrected chi connectivity index (χ0v) is 18.7. The number of carbonyl (C=O) groups is 1. The Hall–Kier alpha value is -1.31. The number of amides is 1. The van der Waals surface area contributed by atoms with E-state index >= 15 is 0 Å². The summed E-state index contributed by atoms with van der Waals surface area (Å²) in [5, 5.41) is 3.29. The summed E-state index contributed by atoms with van der Waals surface area (Å²) in [7, 11) is 1.77. The Bertz CT molecular complexity index is 849. The first kappa shape index (κ1) is 21.4. The van der Waals surface area contributed by atoms with Crippen LogP contribution in [0.15, 0.2) is 45.3 Å². The second kappa shape index (κ2) is 9.01. The van der Waals surface area contributed by atoms with E-state index in [1.54, 1.807) is 18.0 Å². The SMILES string of the molecule is CN(Cc1cc(Br)cc(Br)c1)C(=O)CC1(c2ccc(F)c(F)c2)CCNCC1. The van der Waals surface area contributed by atoms with Crippen molar-refractivity contribution in [3.63, 3.8) is 0 Å². The Balaban J connectivity index is 1.80. The van der Waals surface area contributed by atoms with Gasteiger partial charge in [0.25, 0.3) is 0 Å². The molecule has 2 aromatic carbocycles. The molecule has 0 saturated carbocycles. The van der Waals surface area contributed by atoms with E-state index in [1.807, 2.05) is 18.2 Å². The molecule has 28 heavy (non-hydrogen) atoms. The van der Waals surface area contributed by atoms with Gasteiger partial charge in [0.2, 0.25) is 5.91 Å². The first-order chi connectivity index (χ1) is 13.3. The second-order valence-electron chi connectivity index (χ2n) is 7.36. The van der Waals surface area contributed by atoms with E-state index in [9.17, 15) is 13.6 Å². The molecule has 1 aliphatic heterocycles. The molecule has 1 amide bonds. The Morgan fingerprint density at radius 2 is 1.71 bits per heavy atom. The summed E-state index contributed by atoms with van der Waals surface area (Å²) in [6.45, 7) is 1.96. The Labute approximate surface area is 180 Å². The predicted molar refractivity (Wildman–Crippen MR) is 113 cm³/mol. The van der Waals surface area contributed by atoms with Crippen molar-refractivity contribution in [3.05, 3.63) is 68.1 Å². The number of carbonyl (C=O) groups excluding carboxylic acids is 1. The summed E-state index contributed by atoms with van der Waals surface area (Å²) < 4.78 is 29.2. The molecule has 150 valence electrons. The minimum atomic E-state index is -0.866. The second-order valence-corrected chi connectivity index (χ2v) is 9.19. The van der Waals surface area contributed by atoms with Crippen molar-refractivity contribution in [2.24, 2.45) is 0 Å². The van der Waals surface area contributed by atoms with E-state index in [1.165, 1.54) is 6.07 Å². The molecule has 0 aromatic heterocycles. The fourth-order valence-corrected chi connectivity index (χ4v) is 5.18. The molecule has 1 heterocycles. The highest BCUT2D eigenvalue weighted by Gasteiger charge is 2.37. The average molecular weight is 516 g/mol. The van der Waals surface area contributed by atoms with Crippen molar-refractivity contribution in [1.82, 2.24) is 10.2 Å². The van der Waals surface area contributed by atoms with E-state index in [4.69, 9.17) is 0 Å². The normalized spacial score (nSPS) is 16.0. The molecule has 1 fully saturated rings. The van der Waals surface area contributed by atoms with Crippen LogP contribution >= 0.6 is 31.9 Å². The first-order valence-corrected chi connectivity index (χ1v) is 10.7. The lowest BCUT2D eigenvalue weighted by Crippen LogP contribution is -2.43. The highest BCUT2D eigenvalue weighted by molar-refractivity contribution is 9.11. The molecule has 0 bridgehead atoms. The first-order valence-electron chi connectivity index (χ1n) is 9.14. The molecule has 1 aliphatic rings. The molecule has 3 nitrogen and oxygen atoms in total.